The smallest absolute Gasteiger partial charge is 0.272 e. The standard InChI is InChI=1S/C14H11FN2O2S2/c1-10-2-7-13(20-10)8-14(9-16)21(18,19)17-12-5-3-11(15)4-6-12/h2-8,17H,1H3/b14-8-. The molecule has 0 atom stereocenters. The van der Waals surface area contributed by atoms with Gasteiger partial charge in [-0.15, -0.1) is 11.3 Å². The van der Waals surface area contributed by atoms with E-state index in [0.717, 1.165) is 17.0 Å². The molecule has 7 heteroatoms. The number of aryl methyl sites for hydroxylation is 1. The van der Waals surface area contributed by atoms with E-state index < -0.39 is 20.7 Å². The van der Waals surface area contributed by atoms with Crippen LogP contribution < -0.4 is 4.72 Å². The van der Waals surface area contributed by atoms with E-state index in [1.165, 1.54) is 29.5 Å². The van der Waals surface area contributed by atoms with E-state index in [-0.39, 0.29) is 5.69 Å². The Morgan fingerprint density at radius 1 is 1.29 bits per heavy atom. The molecule has 0 radical (unpaired) electrons. The molecule has 4 nitrogen and oxygen atoms in total. The second kappa shape index (κ2) is 6.08. The number of thiophene rings is 1. The van der Waals surface area contributed by atoms with Crippen LogP contribution in [0.25, 0.3) is 6.08 Å². The quantitative estimate of drug-likeness (QED) is 0.876. The summed E-state index contributed by atoms with van der Waals surface area (Å²) in [6.45, 7) is 1.89. The van der Waals surface area contributed by atoms with Gasteiger partial charge >= 0.3 is 0 Å². The SMILES string of the molecule is Cc1ccc(/C=C(/C#N)S(=O)(=O)Nc2ccc(F)cc2)s1. The zero-order valence-electron chi connectivity index (χ0n) is 11.0. The topological polar surface area (TPSA) is 70.0 Å². The highest BCUT2D eigenvalue weighted by molar-refractivity contribution is 7.97. The molecular formula is C14H11FN2O2S2. The minimum atomic E-state index is -3.99. The van der Waals surface area contributed by atoms with Crippen LogP contribution in [0.5, 0.6) is 0 Å². The van der Waals surface area contributed by atoms with Crippen LogP contribution in [0.2, 0.25) is 0 Å². The van der Waals surface area contributed by atoms with Gasteiger partial charge < -0.3 is 0 Å². The highest BCUT2D eigenvalue weighted by Crippen LogP contribution is 2.21. The molecular weight excluding hydrogens is 311 g/mol. The van der Waals surface area contributed by atoms with E-state index >= 15 is 0 Å². The Hall–Kier alpha value is -2.17. The fourth-order valence-electron chi connectivity index (χ4n) is 1.56. The summed E-state index contributed by atoms with van der Waals surface area (Å²) in [6.07, 6.45) is 1.31. The minimum Gasteiger partial charge on any atom is -0.279 e. The molecule has 0 amide bonds. The van der Waals surface area contributed by atoms with Gasteiger partial charge in [0.15, 0.2) is 4.91 Å². The Kier molecular flexibility index (Phi) is 4.40. The van der Waals surface area contributed by atoms with E-state index in [0.29, 0.717) is 4.88 Å². The predicted molar refractivity (Wildman–Crippen MR) is 81.6 cm³/mol. The van der Waals surface area contributed by atoms with Crippen molar-refractivity contribution in [2.45, 2.75) is 6.92 Å². The monoisotopic (exact) mass is 322 g/mol. The number of hydrogen-bond acceptors (Lipinski definition) is 4. The van der Waals surface area contributed by atoms with Crippen LogP contribution in [-0.4, -0.2) is 8.42 Å². The van der Waals surface area contributed by atoms with Crippen LogP contribution in [-0.2, 0) is 10.0 Å². The first kappa shape index (κ1) is 15.2. The molecule has 0 aliphatic rings. The molecule has 1 aromatic heterocycles. The van der Waals surface area contributed by atoms with E-state index in [1.807, 2.05) is 13.0 Å². The molecule has 0 aliphatic heterocycles. The highest BCUT2D eigenvalue weighted by Gasteiger charge is 2.18. The number of hydrogen-bond donors (Lipinski definition) is 1. The van der Waals surface area contributed by atoms with Crippen molar-refractivity contribution in [1.29, 1.82) is 5.26 Å². The summed E-state index contributed by atoms with van der Waals surface area (Å²) in [5, 5.41) is 9.06. The molecule has 1 N–H and O–H groups in total. The molecule has 1 aromatic carbocycles. The summed E-state index contributed by atoms with van der Waals surface area (Å²) >= 11 is 1.39. The molecule has 2 rings (SSSR count). The molecule has 0 spiro atoms. The second-order valence-corrected chi connectivity index (χ2v) is 7.15. The zero-order chi connectivity index (χ0) is 15.5. The van der Waals surface area contributed by atoms with E-state index in [1.54, 1.807) is 12.1 Å². The van der Waals surface area contributed by atoms with Gasteiger partial charge in [-0.2, -0.15) is 5.26 Å². The van der Waals surface area contributed by atoms with Crippen LogP contribution in [0.3, 0.4) is 0 Å². The number of nitriles is 1. The summed E-state index contributed by atoms with van der Waals surface area (Å²) < 4.78 is 39.3. The van der Waals surface area contributed by atoms with E-state index in [4.69, 9.17) is 5.26 Å². The maximum Gasteiger partial charge on any atom is 0.272 e. The third-order valence-corrected chi connectivity index (χ3v) is 4.77. The number of rotatable bonds is 4. The van der Waals surface area contributed by atoms with E-state index in [9.17, 15) is 12.8 Å². The van der Waals surface area contributed by atoms with E-state index in [2.05, 4.69) is 4.72 Å². The Balaban J connectivity index is 2.30. The van der Waals surface area contributed by atoms with Crippen molar-refractivity contribution in [3.63, 3.8) is 0 Å². The molecule has 21 heavy (non-hydrogen) atoms. The fourth-order valence-corrected chi connectivity index (χ4v) is 3.41. The zero-order valence-corrected chi connectivity index (χ0v) is 12.6. The lowest BCUT2D eigenvalue weighted by atomic mass is 10.3. The van der Waals surface area contributed by atoms with Gasteiger partial charge in [0, 0.05) is 15.4 Å². The molecule has 0 saturated heterocycles. The van der Waals surface area contributed by atoms with Crippen LogP contribution in [0.1, 0.15) is 9.75 Å². The highest BCUT2D eigenvalue weighted by atomic mass is 32.2. The lowest BCUT2D eigenvalue weighted by Gasteiger charge is -2.06. The van der Waals surface area contributed by atoms with Gasteiger partial charge in [0.25, 0.3) is 10.0 Å². The molecule has 0 fully saturated rings. The maximum atomic E-state index is 12.8. The van der Waals surface area contributed by atoms with Crippen molar-refractivity contribution >= 4 is 33.1 Å². The van der Waals surface area contributed by atoms with Gasteiger partial charge in [0.05, 0.1) is 0 Å². The van der Waals surface area contributed by atoms with Crippen molar-refractivity contribution in [2.24, 2.45) is 0 Å². The Bertz CT molecular complexity index is 815. The Morgan fingerprint density at radius 2 is 1.95 bits per heavy atom. The van der Waals surface area contributed by atoms with Gasteiger partial charge in [-0.05, 0) is 49.4 Å². The van der Waals surface area contributed by atoms with Crippen molar-refractivity contribution in [1.82, 2.24) is 0 Å². The van der Waals surface area contributed by atoms with Crippen molar-refractivity contribution < 1.29 is 12.8 Å². The summed E-state index contributed by atoms with van der Waals surface area (Å²) in [4.78, 5) is 1.30. The second-order valence-electron chi connectivity index (χ2n) is 4.18. The number of halogens is 1. The van der Waals surface area contributed by atoms with Crippen molar-refractivity contribution in [3.8, 4) is 6.07 Å². The van der Waals surface area contributed by atoms with Gasteiger partial charge in [-0.3, -0.25) is 4.72 Å². The summed E-state index contributed by atoms with van der Waals surface area (Å²) in [7, 11) is -3.99. The number of allylic oxidation sites excluding steroid dienone is 1. The van der Waals surface area contributed by atoms with Gasteiger partial charge in [-0.1, -0.05) is 0 Å². The number of anilines is 1. The fraction of sp³-hybridized carbons (Fsp3) is 0.0714. The number of nitrogens with one attached hydrogen (secondary N) is 1. The molecule has 0 bridgehead atoms. The first-order valence-corrected chi connectivity index (χ1v) is 8.17. The van der Waals surface area contributed by atoms with Crippen molar-refractivity contribution in [3.05, 3.63) is 56.9 Å². The number of sulfonamides is 1. The lowest BCUT2D eigenvalue weighted by Crippen LogP contribution is -2.14. The van der Waals surface area contributed by atoms with Crippen LogP contribution in [0.15, 0.2) is 41.3 Å². The summed E-state index contributed by atoms with van der Waals surface area (Å²) in [5.74, 6) is -0.469. The van der Waals surface area contributed by atoms with Crippen LogP contribution in [0.4, 0.5) is 10.1 Å². The summed E-state index contributed by atoms with van der Waals surface area (Å²) in [5.41, 5.74) is 0.194. The molecule has 2 aromatic rings. The molecule has 0 unspecified atom stereocenters. The predicted octanol–water partition coefficient (Wildman–Crippen LogP) is 3.50. The van der Waals surface area contributed by atoms with Gasteiger partial charge in [0.1, 0.15) is 11.9 Å². The summed E-state index contributed by atoms with van der Waals surface area (Å²) in [6, 6.07) is 10.1. The Morgan fingerprint density at radius 3 is 2.48 bits per heavy atom. The normalized spacial score (nSPS) is 12.0. The van der Waals surface area contributed by atoms with Gasteiger partial charge in [0.2, 0.25) is 0 Å². The Labute approximate surface area is 126 Å². The third kappa shape index (κ3) is 3.90. The maximum absolute atomic E-state index is 12.8. The number of benzene rings is 1. The average Bonchev–Trinajstić information content (AvgIpc) is 2.84. The lowest BCUT2D eigenvalue weighted by molar-refractivity contribution is 0.608. The number of nitrogens with zero attached hydrogens (tertiary/aromatic N) is 1. The molecule has 0 saturated carbocycles. The van der Waals surface area contributed by atoms with Crippen LogP contribution >= 0.6 is 11.3 Å². The molecule has 108 valence electrons. The van der Waals surface area contributed by atoms with Crippen molar-refractivity contribution in [2.75, 3.05) is 4.72 Å². The third-order valence-electron chi connectivity index (χ3n) is 2.53. The average molecular weight is 322 g/mol. The first-order valence-electron chi connectivity index (χ1n) is 5.87. The van der Waals surface area contributed by atoms with Crippen LogP contribution in [0, 0.1) is 24.1 Å². The molecule has 0 aliphatic carbocycles. The largest absolute Gasteiger partial charge is 0.279 e. The van der Waals surface area contributed by atoms with Gasteiger partial charge in [-0.25, -0.2) is 12.8 Å². The molecule has 1 heterocycles. The minimum absolute atomic E-state index is 0.194. The first-order chi connectivity index (χ1) is 9.90.